The van der Waals surface area contributed by atoms with Crippen molar-refractivity contribution >= 4 is 0 Å². The summed E-state index contributed by atoms with van der Waals surface area (Å²) in [5.74, 6) is 0. The Morgan fingerprint density at radius 3 is 2.80 bits per heavy atom. The lowest BCUT2D eigenvalue weighted by molar-refractivity contribution is 0.0950. The molecule has 0 heterocycles. The number of fused-ring (bicyclic) bond motifs is 1. The zero-order valence-corrected chi connectivity index (χ0v) is 12.7. The second kappa shape index (κ2) is 5.50. The van der Waals surface area contributed by atoms with Crippen molar-refractivity contribution in [2.45, 2.75) is 70.6 Å². The third kappa shape index (κ3) is 2.77. The summed E-state index contributed by atoms with van der Waals surface area (Å²) in [7, 11) is 0. The molecule has 3 atom stereocenters. The zero-order chi connectivity index (χ0) is 14.2. The number of hydrogen-bond acceptors (Lipinski definition) is 2. The minimum Gasteiger partial charge on any atom is -0.393 e. The van der Waals surface area contributed by atoms with Gasteiger partial charge in [-0.1, -0.05) is 38.1 Å². The lowest BCUT2D eigenvalue weighted by Crippen LogP contribution is -2.45. The first-order valence-corrected chi connectivity index (χ1v) is 8.08. The Hall–Kier alpha value is -0.860. The normalized spacial score (nSPS) is 32.6. The lowest BCUT2D eigenvalue weighted by Gasteiger charge is -2.43. The van der Waals surface area contributed by atoms with Gasteiger partial charge in [-0.05, 0) is 55.1 Å². The fourth-order valence-corrected chi connectivity index (χ4v) is 3.93. The summed E-state index contributed by atoms with van der Waals surface area (Å²) in [6, 6.07) is 9.75. The average molecular weight is 273 g/mol. The van der Waals surface area contributed by atoms with Crippen molar-refractivity contribution in [3.63, 3.8) is 0 Å². The molecular formula is C18H27NO. The molecule has 0 aliphatic heterocycles. The van der Waals surface area contributed by atoms with Gasteiger partial charge in [-0.15, -0.1) is 0 Å². The molecule has 20 heavy (non-hydrogen) atoms. The van der Waals surface area contributed by atoms with E-state index < -0.39 is 0 Å². The third-order valence-corrected chi connectivity index (χ3v) is 5.24. The molecule has 2 aliphatic carbocycles. The van der Waals surface area contributed by atoms with Crippen molar-refractivity contribution in [1.29, 1.82) is 0 Å². The van der Waals surface area contributed by atoms with Crippen LogP contribution in [0.25, 0.3) is 0 Å². The molecule has 2 heteroatoms. The summed E-state index contributed by atoms with van der Waals surface area (Å²) < 4.78 is 0. The van der Waals surface area contributed by atoms with Gasteiger partial charge in [0.15, 0.2) is 0 Å². The number of aryl methyl sites for hydroxylation is 1. The molecule has 110 valence electrons. The van der Waals surface area contributed by atoms with Crippen molar-refractivity contribution in [2.24, 2.45) is 5.41 Å². The second-order valence-electron chi connectivity index (χ2n) is 7.30. The topological polar surface area (TPSA) is 32.3 Å². The average Bonchev–Trinajstić information content (AvgIpc) is 2.42. The van der Waals surface area contributed by atoms with Crippen LogP contribution in [-0.4, -0.2) is 17.3 Å². The fourth-order valence-electron chi connectivity index (χ4n) is 3.93. The van der Waals surface area contributed by atoms with Crippen molar-refractivity contribution in [3.8, 4) is 0 Å². The van der Waals surface area contributed by atoms with E-state index in [1.165, 1.54) is 30.4 Å². The van der Waals surface area contributed by atoms with Gasteiger partial charge in [0.2, 0.25) is 0 Å². The molecule has 0 saturated heterocycles. The monoisotopic (exact) mass is 273 g/mol. The van der Waals surface area contributed by atoms with E-state index in [1.807, 2.05) is 0 Å². The Morgan fingerprint density at radius 2 is 2.00 bits per heavy atom. The first-order chi connectivity index (χ1) is 9.56. The summed E-state index contributed by atoms with van der Waals surface area (Å²) in [5.41, 5.74) is 3.26. The van der Waals surface area contributed by atoms with Gasteiger partial charge in [0, 0.05) is 12.1 Å². The van der Waals surface area contributed by atoms with E-state index >= 15 is 0 Å². The molecule has 0 radical (unpaired) electrons. The summed E-state index contributed by atoms with van der Waals surface area (Å²) in [6.45, 7) is 4.75. The highest BCUT2D eigenvalue weighted by molar-refractivity contribution is 5.34. The minimum absolute atomic E-state index is 0.108. The van der Waals surface area contributed by atoms with Gasteiger partial charge >= 0.3 is 0 Å². The van der Waals surface area contributed by atoms with Crippen molar-refractivity contribution in [1.82, 2.24) is 5.32 Å². The maximum absolute atomic E-state index is 9.89. The molecule has 1 saturated carbocycles. The van der Waals surface area contributed by atoms with Crippen LogP contribution in [0.4, 0.5) is 0 Å². The van der Waals surface area contributed by atoms with Gasteiger partial charge in [-0.3, -0.25) is 0 Å². The third-order valence-electron chi connectivity index (χ3n) is 5.24. The van der Waals surface area contributed by atoms with E-state index in [-0.39, 0.29) is 11.5 Å². The van der Waals surface area contributed by atoms with Gasteiger partial charge in [0.25, 0.3) is 0 Å². The van der Waals surface area contributed by atoms with Crippen LogP contribution in [0, 0.1) is 5.41 Å². The predicted octanol–water partition coefficient (Wildman–Crippen LogP) is 3.59. The van der Waals surface area contributed by atoms with E-state index in [0.29, 0.717) is 12.1 Å². The van der Waals surface area contributed by atoms with Crippen LogP contribution in [-0.2, 0) is 6.42 Å². The quantitative estimate of drug-likeness (QED) is 0.863. The first-order valence-electron chi connectivity index (χ1n) is 8.08. The van der Waals surface area contributed by atoms with Gasteiger partial charge in [-0.25, -0.2) is 0 Å². The van der Waals surface area contributed by atoms with E-state index in [9.17, 15) is 5.11 Å². The highest BCUT2D eigenvalue weighted by Gasteiger charge is 2.37. The van der Waals surface area contributed by atoms with Crippen molar-refractivity contribution < 1.29 is 5.11 Å². The van der Waals surface area contributed by atoms with Crippen LogP contribution in [0.15, 0.2) is 24.3 Å². The maximum Gasteiger partial charge on any atom is 0.0555 e. The smallest absolute Gasteiger partial charge is 0.0555 e. The maximum atomic E-state index is 9.89. The van der Waals surface area contributed by atoms with Crippen LogP contribution < -0.4 is 5.32 Å². The molecule has 1 fully saturated rings. The zero-order valence-electron chi connectivity index (χ0n) is 12.7. The van der Waals surface area contributed by atoms with Gasteiger partial charge in [0.1, 0.15) is 0 Å². The standard InChI is InChI=1S/C18H27NO/c1-18(2)11-10-13-6-3-4-9-16(13)17(18)19-14-7-5-8-15(20)12-14/h3-4,6,9,14-15,17,19-20H,5,7-8,10-12H2,1-2H3. The largest absolute Gasteiger partial charge is 0.393 e. The number of aliphatic hydroxyl groups excluding tert-OH is 1. The molecule has 0 amide bonds. The molecule has 2 nitrogen and oxygen atoms in total. The Morgan fingerprint density at radius 1 is 1.20 bits per heavy atom. The number of rotatable bonds is 2. The van der Waals surface area contributed by atoms with Crippen molar-refractivity contribution in [2.75, 3.05) is 0 Å². The molecule has 2 N–H and O–H groups in total. The highest BCUT2D eigenvalue weighted by Crippen LogP contribution is 2.44. The molecule has 0 aromatic heterocycles. The van der Waals surface area contributed by atoms with Crippen LogP contribution in [0.5, 0.6) is 0 Å². The summed E-state index contributed by atoms with van der Waals surface area (Å²) >= 11 is 0. The molecule has 1 aromatic carbocycles. The highest BCUT2D eigenvalue weighted by atomic mass is 16.3. The minimum atomic E-state index is -0.108. The number of benzene rings is 1. The van der Waals surface area contributed by atoms with Crippen LogP contribution in [0.2, 0.25) is 0 Å². The molecule has 2 aliphatic rings. The predicted molar refractivity (Wildman–Crippen MR) is 82.7 cm³/mol. The van der Waals surface area contributed by atoms with Crippen LogP contribution >= 0.6 is 0 Å². The Kier molecular flexibility index (Phi) is 3.87. The molecule has 1 aromatic rings. The number of nitrogens with one attached hydrogen (secondary N) is 1. The molecule has 0 bridgehead atoms. The Labute approximate surface area is 122 Å². The first kappa shape index (κ1) is 14.1. The van der Waals surface area contributed by atoms with Gasteiger partial charge < -0.3 is 10.4 Å². The van der Waals surface area contributed by atoms with Crippen molar-refractivity contribution in [3.05, 3.63) is 35.4 Å². The summed E-state index contributed by atoms with van der Waals surface area (Å²) in [6.07, 6.45) is 6.55. The summed E-state index contributed by atoms with van der Waals surface area (Å²) in [4.78, 5) is 0. The van der Waals surface area contributed by atoms with Crippen LogP contribution in [0.1, 0.15) is 63.1 Å². The Bertz CT molecular complexity index is 468. The van der Waals surface area contributed by atoms with Crippen LogP contribution in [0.3, 0.4) is 0 Å². The SMILES string of the molecule is CC1(C)CCc2ccccc2C1NC1CCCC(O)C1. The molecule has 3 rings (SSSR count). The lowest BCUT2D eigenvalue weighted by atomic mass is 9.70. The van der Waals surface area contributed by atoms with E-state index in [4.69, 9.17) is 0 Å². The van der Waals surface area contributed by atoms with E-state index in [2.05, 4.69) is 43.4 Å². The van der Waals surface area contributed by atoms with E-state index in [0.717, 1.165) is 19.3 Å². The molecular weight excluding hydrogens is 246 g/mol. The number of hydrogen-bond donors (Lipinski definition) is 2. The molecule has 3 unspecified atom stereocenters. The summed E-state index contributed by atoms with van der Waals surface area (Å²) in [5, 5.41) is 13.8. The van der Waals surface area contributed by atoms with Gasteiger partial charge in [-0.2, -0.15) is 0 Å². The Balaban J connectivity index is 1.82. The van der Waals surface area contributed by atoms with Gasteiger partial charge in [0.05, 0.1) is 6.10 Å². The molecule has 0 spiro atoms. The second-order valence-corrected chi connectivity index (χ2v) is 7.30. The number of aliphatic hydroxyl groups is 1. The fraction of sp³-hybridized carbons (Fsp3) is 0.667. The van der Waals surface area contributed by atoms with E-state index in [1.54, 1.807) is 0 Å².